The topological polar surface area (TPSA) is 38.0 Å². The van der Waals surface area contributed by atoms with Crippen LogP contribution in [0.15, 0.2) is 24.3 Å². The number of hydrogen-bond acceptors (Lipinski definition) is 2. The van der Waals surface area contributed by atoms with E-state index in [4.69, 9.17) is 5.84 Å². The highest BCUT2D eigenvalue weighted by atomic mass is 19.3. The summed E-state index contributed by atoms with van der Waals surface area (Å²) in [5.41, 5.74) is 3.37. The van der Waals surface area contributed by atoms with Gasteiger partial charge >= 0.3 is 0 Å². The molecule has 0 amide bonds. The molecule has 4 heteroatoms. The van der Waals surface area contributed by atoms with Gasteiger partial charge in [0.2, 0.25) is 0 Å². The number of alkyl halides is 2. The lowest BCUT2D eigenvalue weighted by atomic mass is 10.1. The second-order valence-corrected chi connectivity index (χ2v) is 2.42. The Balaban J connectivity index is 2.71. The molecule has 0 bridgehead atoms. The molecule has 0 heterocycles. The quantitative estimate of drug-likeness (QED) is 0.536. The molecule has 0 aliphatic rings. The fourth-order valence-corrected chi connectivity index (χ4v) is 0.899. The summed E-state index contributed by atoms with van der Waals surface area (Å²) in [7, 11) is 0. The lowest BCUT2D eigenvalue weighted by Crippen LogP contribution is -2.20. The van der Waals surface area contributed by atoms with E-state index < -0.39 is 6.43 Å². The van der Waals surface area contributed by atoms with Crippen LogP contribution in [0.4, 0.5) is 8.78 Å². The summed E-state index contributed by atoms with van der Waals surface area (Å²) in [5, 5.41) is 0. The summed E-state index contributed by atoms with van der Waals surface area (Å²) >= 11 is 0. The molecule has 0 fully saturated rings. The first-order valence-electron chi connectivity index (χ1n) is 3.54. The number of halogens is 2. The summed E-state index contributed by atoms with van der Waals surface area (Å²) in [6.07, 6.45) is -2.40. The van der Waals surface area contributed by atoms with Crippen molar-refractivity contribution in [2.24, 2.45) is 5.84 Å². The molecule has 0 saturated carbocycles. The molecule has 0 aromatic heterocycles. The van der Waals surface area contributed by atoms with Crippen LogP contribution in [0.2, 0.25) is 0 Å². The van der Waals surface area contributed by atoms with Crippen LogP contribution in [-0.4, -0.2) is 0 Å². The number of rotatable bonds is 3. The van der Waals surface area contributed by atoms with Crippen LogP contribution in [0.1, 0.15) is 17.6 Å². The minimum absolute atomic E-state index is 0.0378. The van der Waals surface area contributed by atoms with Crippen molar-refractivity contribution in [3.05, 3.63) is 35.4 Å². The Morgan fingerprint density at radius 2 is 1.83 bits per heavy atom. The van der Waals surface area contributed by atoms with Crippen molar-refractivity contribution < 1.29 is 8.78 Å². The fourth-order valence-electron chi connectivity index (χ4n) is 0.899. The van der Waals surface area contributed by atoms with E-state index in [2.05, 4.69) is 5.43 Å². The predicted molar refractivity (Wildman–Crippen MR) is 42.4 cm³/mol. The standard InChI is InChI=1S/C8H10F2N2/c9-8(10)7-3-1-6(2-4-7)5-12-11/h1-4,8,12H,5,11H2. The highest BCUT2D eigenvalue weighted by Gasteiger charge is 2.04. The number of benzene rings is 1. The van der Waals surface area contributed by atoms with Crippen molar-refractivity contribution >= 4 is 0 Å². The second-order valence-electron chi connectivity index (χ2n) is 2.42. The molecule has 0 unspecified atom stereocenters. The van der Waals surface area contributed by atoms with Crippen molar-refractivity contribution in [3.8, 4) is 0 Å². The minimum Gasteiger partial charge on any atom is -0.271 e. The van der Waals surface area contributed by atoms with Gasteiger partial charge in [-0.25, -0.2) is 8.78 Å². The number of hydrogen-bond donors (Lipinski definition) is 2. The normalized spacial score (nSPS) is 10.7. The van der Waals surface area contributed by atoms with Gasteiger partial charge in [-0.2, -0.15) is 0 Å². The Morgan fingerprint density at radius 1 is 1.25 bits per heavy atom. The monoisotopic (exact) mass is 172 g/mol. The van der Waals surface area contributed by atoms with E-state index in [9.17, 15) is 8.78 Å². The molecular weight excluding hydrogens is 162 g/mol. The Bertz CT molecular complexity index is 233. The molecule has 0 atom stereocenters. The molecule has 0 saturated heterocycles. The van der Waals surface area contributed by atoms with Crippen molar-refractivity contribution in [3.63, 3.8) is 0 Å². The van der Waals surface area contributed by atoms with Gasteiger partial charge in [0.1, 0.15) is 0 Å². The van der Waals surface area contributed by atoms with Gasteiger partial charge in [-0.1, -0.05) is 24.3 Å². The average Bonchev–Trinajstić information content (AvgIpc) is 2.06. The molecule has 12 heavy (non-hydrogen) atoms. The largest absolute Gasteiger partial charge is 0.271 e. The van der Waals surface area contributed by atoms with E-state index in [1.807, 2.05) is 0 Å². The van der Waals surface area contributed by atoms with E-state index >= 15 is 0 Å². The van der Waals surface area contributed by atoms with Crippen LogP contribution in [-0.2, 0) is 6.54 Å². The van der Waals surface area contributed by atoms with Crippen LogP contribution < -0.4 is 11.3 Å². The maximum Gasteiger partial charge on any atom is 0.263 e. The zero-order chi connectivity index (χ0) is 8.97. The Hall–Kier alpha value is -1.00. The van der Waals surface area contributed by atoms with Crippen molar-refractivity contribution in [2.45, 2.75) is 13.0 Å². The van der Waals surface area contributed by atoms with Gasteiger partial charge in [0, 0.05) is 12.1 Å². The van der Waals surface area contributed by atoms with Gasteiger partial charge in [0.15, 0.2) is 0 Å². The molecule has 2 nitrogen and oxygen atoms in total. The molecule has 1 rings (SSSR count). The van der Waals surface area contributed by atoms with Gasteiger partial charge in [0.25, 0.3) is 6.43 Å². The summed E-state index contributed by atoms with van der Waals surface area (Å²) < 4.78 is 24.1. The third-order valence-electron chi connectivity index (χ3n) is 1.54. The average molecular weight is 172 g/mol. The highest BCUT2D eigenvalue weighted by Crippen LogP contribution is 2.18. The molecule has 66 valence electrons. The lowest BCUT2D eigenvalue weighted by Gasteiger charge is -2.01. The Kier molecular flexibility index (Phi) is 3.13. The third kappa shape index (κ3) is 2.25. The zero-order valence-electron chi connectivity index (χ0n) is 6.43. The maximum atomic E-state index is 12.0. The van der Waals surface area contributed by atoms with Crippen LogP contribution in [0, 0.1) is 0 Å². The van der Waals surface area contributed by atoms with E-state index in [0.29, 0.717) is 6.54 Å². The maximum absolute atomic E-state index is 12.0. The number of nitrogens with two attached hydrogens (primary N) is 1. The van der Waals surface area contributed by atoms with Crippen LogP contribution in [0.5, 0.6) is 0 Å². The first-order valence-corrected chi connectivity index (χ1v) is 3.54. The first-order chi connectivity index (χ1) is 5.74. The van der Waals surface area contributed by atoms with E-state index in [-0.39, 0.29) is 5.56 Å². The van der Waals surface area contributed by atoms with Gasteiger partial charge in [-0.05, 0) is 5.56 Å². The molecule has 0 radical (unpaired) electrons. The molecule has 3 N–H and O–H groups in total. The van der Waals surface area contributed by atoms with Crippen molar-refractivity contribution in [1.29, 1.82) is 0 Å². The second kappa shape index (κ2) is 4.13. The van der Waals surface area contributed by atoms with Crippen molar-refractivity contribution in [2.75, 3.05) is 0 Å². The first kappa shape index (κ1) is 9.09. The predicted octanol–water partition coefficient (Wildman–Crippen LogP) is 1.59. The van der Waals surface area contributed by atoms with E-state index in [0.717, 1.165) is 5.56 Å². The summed E-state index contributed by atoms with van der Waals surface area (Å²) in [4.78, 5) is 0. The summed E-state index contributed by atoms with van der Waals surface area (Å²) in [6.45, 7) is 0.490. The number of nitrogens with one attached hydrogen (secondary N) is 1. The molecule has 0 spiro atoms. The fraction of sp³-hybridized carbons (Fsp3) is 0.250. The molecule has 0 aliphatic carbocycles. The van der Waals surface area contributed by atoms with Crippen LogP contribution in [0.3, 0.4) is 0 Å². The van der Waals surface area contributed by atoms with Gasteiger partial charge < -0.3 is 0 Å². The van der Waals surface area contributed by atoms with E-state index in [1.165, 1.54) is 12.1 Å². The van der Waals surface area contributed by atoms with Crippen LogP contribution >= 0.6 is 0 Å². The lowest BCUT2D eigenvalue weighted by molar-refractivity contribution is 0.151. The molecular formula is C8H10F2N2. The summed E-state index contributed by atoms with van der Waals surface area (Å²) in [6, 6.07) is 6.05. The van der Waals surface area contributed by atoms with E-state index in [1.54, 1.807) is 12.1 Å². The third-order valence-corrected chi connectivity index (χ3v) is 1.54. The van der Waals surface area contributed by atoms with Crippen LogP contribution in [0.25, 0.3) is 0 Å². The Morgan fingerprint density at radius 3 is 2.25 bits per heavy atom. The van der Waals surface area contributed by atoms with Crippen molar-refractivity contribution in [1.82, 2.24) is 5.43 Å². The number of hydrazine groups is 1. The summed E-state index contributed by atoms with van der Waals surface area (Å²) in [5.74, 6) is 5.06. The van der Waals surface area contributed by atoms with Gasteiger partial charge in [-0.15, -0.1) is 0 Å². The molecule has 0 aliphatic heterocycles. The highest BCUT2D eigenvalue weighted by molar-refractivity contribution is 5.22. The van der Waals surface area contributed by atoms with Gasteiger partial charge in [-0.3, -0.25) is 11.3 Å². The molecule has 1 aromatic carbocycles. The minimum atomic E-state index is -2.40. The van der Waals surface area contributed by atoms with Gasteiger partial charge in [0.05, 0.1) is 0 Å². The molecule has 1 aromatic rings. The zero-order valence-corrected chi connectivity index (χ0v) is 6.43. The Labute approximate surface area is 69.4 Å². The SMILES string of the molecule is NNCc1ccc(C(F)F)cc1. The smallest absolute Gasteiger partial charge is 0.263 e.